The molecular weight excluding hydrogens is 217 g/mol. The van der Waals surface area contributed by atoms with Crippen molar-refractivity contribution in [3.8, 4) is 0 Å². The Kier molecular flexibility index (Phi) is 3.60. The van der Waals surface area contributed by atoms with Gasteiger partial charge < -0.3 is 0 Å². The molecule has 0 bridgehead atoms. The van der Waals surface area contributed by atoms with Crippen molar-refractivity contribution in [3.05, 3.63) is 0 Å². The summed E-state index contributed by atoms with van der Waals surface area (Å²) >= 11 is 0. The van der Waals surface area contributed by atoms with Crippen LogP contribution in [0.15, 0.2) is 0 Å². The molecule has 0 aromatic rings. The van der Waals surface area contributed by atoms with Gasteiger partial charge in [-0.05, 0) is 34.6 Å². The molecule has 5 heteroatoms. The first kappa shape index (κ1) is 13.8. The van der Waals surface area contributed by atoms with Gasteiger partial charge in [0.15, 0.2) is 0 Å². The van der Waals surface area contributed by atoms with Gasteiger partial charge in [0.2, 0.25) is 0 Å². The van der Waals surface area contributed by atoms with Crippen molar-refractivity contribution in [3.63, 3.8) is 0 Å². The van der Waals surface area contributed by atoms with E-state index in [1.807, 2.05) is 27.7 Å². The molecule has 1 aliphatic heterocycles. The van der Waals surface area contributed by atoms with Crippen molar-refractivity contribution in [2.24, 2.45) is 0 Å². The average Bonchev–Trinajstić information content (AvgIpc) is 2.04. The zero-order valence-corrected chi connectivity index (χ0v) is 10.6. The van der Waals surface area contributed by atoms with Gasteiger partial charge in [0, 0.05) is 30.7 Å². The maximum absolute atomic E-state index is 12.7. The summed E-state index contributed by atoms with van der Waals surface area (Å²) in [4.78, 5) is 2.78. The summed E-state index contributed by atoms with van der Waals surface area (Å²) in [6.45, 7) is 10.1. The van der Waals surface area contributed by atoms with Gasteiger partial charge in [0.25, 0.3) is 0 Å². The zero-order valence-electron chi connectivity index (χ0n) is 10.6. The SMILES string of the molecule is C[C@H]1CN(C(F)(F)F)[C@@H](C)CN1C(C)(C)C. The lowest BCUT2D eigenvalue weighted by atomic mass is 9.98. The molecule has 0 aliphatic carbocycles. The molecule has 1 fully saturated rings. The summed E-state index contributed by atoms with van der Waals surface area (Å²) in [5, 5.41) is 0. The normalized spacial score (nSPS) is 30.8. The maximum Gasteiger partial charge on any atom is 0.460 e. The summed E-state index contributed by atoms with van der Waals surface area (Å²) in [7, 11) is 0. The average molecular weight is 238 g/mol. The lowest BCUT2D eigenvalue weighted by Crippen LogP contribution is -2.64. The summed E-state index contributed by atoms with van der Waals surface area (Å²) in [6, 6.07) is -0.548. The van der Waals surface area contributed by atoms with Crippen LogP contribution in [0.25, 0.3) is 0 Å². The Morgan fingerprint density at radius 1 is 0.875 bits per heavy atom. The van der Waals surface area contributed by atoms with Crippen LogP contribution in [0.1, 0.15) is 34.6 Å². The Morgan fingerprint density at radius 3 is 1.62 bits per heavy atom. The molecule has 1 heterocycles. The van der Waals surface area contributed by atoms with Gasteiger partial charge in [-0.25, -0.2) is 4.90 Å². The van der Waals surface area contributed by atoms with Gasteiger partial charge in [-0.3, -0.25) is 4.90 Å². The molecule has 1 aliphatic rings. The summed E-state index contributed by atoms with van der Waals surface area (Å²) in [6.07, 6.45) is -4.21. The third-order valence-electron chi connectivity index (χ3n) is 3.17. The highest BCUT2D eigenvalue weighted by molar-refractivity contribution is 4.91. The van der Waals surface area contributed by atoms with E-state index >= 15 is 0 Å². The van der Waals surface area contributed by atoms with Gasteiger partial charge in [0.05, 0.1) is 0 Å². The van der Waals surface area contributed by atoms with E-state index in [4.69, 9.17) is 0 Å². The minimum atomic E-state index is -4.21. The van der Waals surface area contributed by atoms with Crippen LogP contribution in [0, 0.1) is 0 Å². The molecular formula is C11H21F3N2. The van der Waals surface area contributed by atoms with Crippen LogP contribution in [0.4, 0.5) is 13.2 Å². The lowest BCUT2D eigenvalue weighted by molar-refractivity contribution is -0.272. The number of rotatable bonds is 0. The number of alkyl halides is 3. The molecule has 0 aromatic carbocycles. The number of hydrogen-bond acceptors (Lipinski definition) is 2. The van der Waals surface area contributed by atoms with E-state index in [0.29, 0.717) is 11.4 Å². The van der Waals surface area contributed by atoms with Crippen molar-refractivity contribution < 1.29 is 13.2 Å². The Bertz CT molecular complexity index is 219. The summed E-state index contributed by atoms with van der Waals surface area (Å²) in [5.41, 5.74) is -0.0780. The van der Waals surface area contributed by atoms with Gasteiger partial charge in [-0.15, -0.1) is 0 Å². The van der Waals surface area contributed by atoms with E-state index in [1.165, 1.54) is 0 Å². The van der Waals surface area contributed by atoms with Crippen molar-refractivity contribution >= 4 is 0 Å². The minimum Gasteiger partial charge on any atom is -0.293 e. The fraction of sp³-hybridized carbons (Fsp3) is 1.00. The van der Waals surface area contributed by atoms with E-state index in [2.05, 4.69) is 4.90 Å². The molecule has 0 saturated carbocycles. The number of piperazine rings is 1. The van der Waals surface area contributed by atoms with Crippen LogP contribution in [0.5, 0.6) is 0 Å². The molecule has 0 unspecified atom stereocenters. The Morgan fingerprint density at radius 2 is 1.25 bits per heavy atom. The van der Waals surface area contributed by atoms with Crippen LogP contribution in [-0.4, -0.2) is 46.8 Å². The fourth-order valence-corrected chi connectivity index (χ4v) is 2.41. The molecule has 16 heavy (non-hydrogen) atoms. The molecule has 2 atom stereocenters. The van der Waals surface area contributed by atoms with Crippen molar-refractivity contribution in [1.82, 2.24) is 9.80 Å². The van der Waals surface area contributed by atoms with Gasteiger partial charge >= 0.3 is 6.30 Å². The van der Waals surface area contributed by atoms with Crippen LogP contribution < -0.4 is 0 Å². The molecule has 0 N–H and O–H groups in total. The van der Waals surface area contributed by atoms with E-state index in [0.717, 1.165) is 0 Å². The van der Waals surface area contributed by atoms with Crippen molar-refractivity contribution in [2.75, 3.05) is 13.1 Å². The molecule has 0 radical (unpaired) electrons. The molecule has 2 nitrogen and oxygen atoms in total. The number of halogens is 3. The molecule has 0 amide bonds. The highest BCUT2D eigenvalue weighted by atomic mass is 19.4. The van der Waals surface area contributed by atoms with Crippen LogP contribution in [0.2, 0.25) is 0 Å². The molecule has 1 rings (SSSR count). The summed E-state index contributed by atoms with van der Waals surface area (Å²) in [5.74, 6) is 0. The zero-order chi connectivity index (χ0) is 12.7. The fourth-order valence-electron chi connectivity index (χ4n) is 2.41. The Balaban J connectivity index is 2.79. The molecule has 0 aromatic heterocycles. The molecule has 0 spiro atoms. The molecule has 96 valence electrons. The Labute approximate surface area is 95.4 Å². The smallest absolute Gasteiger partial charge is 0.293 e. The predicted molar refractivity (Wildman–Crippen MR) is 58.1 cm³/mol. The summed E-state index contributed by atoms with van der Waals surface area (Å²) < 4.78 is 38.1. The van der Waals surface area contributed by atoms with Crippen LogP contribution in [0.3, 0.4) is 0 Å². The highest BCUT2D eigenvalue weighted by Gasteiger charge is 2.46. The largest absolute Gasteiger partial charge is 0.460 e. The van der Waals surface area contributed by atoms with Gasteiger partial charge in [-0.2, -0.15) is 13.2 Å². The second-order valence-corrected chi connectivity index (χ2v) is 5.64. The number of hydrogen-bond donors (Lipinski definition) is 0. The Hall–Kier alpha value is -0.290. The quantitative estimate of drug-likeness (QED) is 0.599. The molecule has 1 saturated heterocycles. The second kappa shape index (κ2) is 4.18. The highest BCUT2D eigenvalue weighted by Crippen LogP contribution is 2.31. The van der Waals surface area contributed by atoms with Gasteiger partial charge in [-0.1, -0.05) is 0 Å². The van der Waals surface area contributed by atoms with Crippen molar-refractivity contribution in [1.29, 1.82) is 0 Å². The predicted octanol–water partition coefficient (Wildman–Crippen LogP) is 2.70. The van der Waals surface area contributed by atoms with Crippen LogP contribution in [-0.2, 0) is 0 Å². The number of nitrogens with zero attached hydrogens (tertiary/aromatic N) is 2. The monoisotopic (exact) mass is 238 g/mol. The van der Waals surface area contributed by atoms with Crippen molar-refractivity contribution in [2.45, 2.75) is 58.5 Å². The third kappa shape index (κ3) is 2.88. The standard InChI is InChI=1S/C11H21F3N2/c1-8-7-16(11(12,13)14)9(2)6-15(8)10(3,4)5/h8-9H,6-7H2,1-5H3/t8-,9-/m0/s1. The first-order chi connectivity index (χ1) is 7.03. The first-order valence-electron chi connectivity index (χ1n) is 5.63. The van der Waals surface area contributed by atoms with E-state index in [1.54, 1.807) is 6.92 Å². The van der Waals surface area contributed by atoms with E-state index in [-0.39, 0.29) is 18.1 Å². The first-order valence-corrected chi connectivity index (χ1v) is 5.63. The van der Waals surface area contributed by atoms with E-state index < -0.39 is 12.3 Å². The lowest BCUT2D eigenvalue weighted by Gasteiger charge is -2.49. The van der Waals surface area contributed by atoms with E-state index in [9.17, 15) is 13.2 Å². The topological polar surface area (TPSA) is 6.48 Å². The third-order valence-corrected chi connectivity index (χ3v) is 3.17. The maximum atomic E-state index is 12.7. The van der Waals surface area contributed by atoms with Crippen LogP contribution >= 0.6 is 0 Å². The second-order valence-electron chi connectivity index (χ2n) is 5.64. The van der Waals surface area contributed by atoms with Gasteiger partial charge in [0.1, 0.15) is 0 Å². The minimum absolute atomic E-state index is 0.0575.